The zero-order chi connectivity index (χ0) is 28.2. The van der Waals surface area contributed by atoms with Gasteiger partial charge in [0.25, 0.3) is 0 Å². The van der Waals surface area contributed by atoms with Gasteiger partial charge in [0, 0.05) is 36.5 Å². The van der Waals surface area contributed by atoms with Crippen LogP contribution in [0.15, 0.2) is 59.6 Å². The fraction of sp³-hybridized carbons (Fsp3) is 0.407. The Bertz CT molecular complexity index is 1390. The van der Waals surface area contributed by atoms with E-state index in [1.54, 1.807) is 39.8 Å². The van der Waals surface area contributed by atoms with Crippen molar-refractivity contribution in [2.75, 3.05) is 36.9 Å². The van der Waals surface area contributed by atoms with E-state index >= 15 is 0 Å². The minimum absolute atomic E-state index is 0.0385. The molecule has 2 heterocycles. The lowest BCUT2D eigenvalue weighted by molar-refractivity contribution is 0.238. The van der Waals surface area contributed by atoms with Crippen molar-refractivity contribution in [1.82, 2.24) is 19.6 Å². The van der Waals surface area contributed by atoms with Gasteiger partial charge in [-0.25, -0.2) is 18.1 Å². The molecule has 0 spiro atoms. The van der Waals surface area contributed by atoms with Gasteiger partial charge < -0.3 is 15.4 Å². The van der Waals surface area contributed by atoms with E-state index in [0.717, 1.165) is 25.9 Å². The molecule has 0 amide bonds. The largest absolute Gasteiger partial charge is 0.492 e. The summed E-state index contributed by atoms with van der Waals surface area (Å²) in [5.41, 5.74) is 1.13. The number of rotatable bonds is 10. The molecule has 0 aliphatic carbocycles. The Hall–Kier alpha value is -3.21. The first-order valence-electron chi connectivity index (χ1n) is 13.4. The fourth-order valence-corrected chi connectivity index (χ4v) is 5.31. The van der Waals surface area contributed by atoms with Crippen molar-refractivity contribution < 1.29 is 15.9 Å². The molecule has 10 heteroatoms. The molecule has 1 aliphatic heterocycles. The summed E-state index contributed by atoms with van der Waals surface area (Å²) in [5.74, 6) is 1.28. The number of benzene rings is 2. The molecule has 1 fully saturated rings. The summed E-state index contributed by atoms with van der Waals surface area (Å²) in [4.78, 5) is 11.0. The van der Waals surface area contributed by atoms with Gasteiger partial charge in [0.1, 0.15) is 18.2 Å². The molecule has 0 saturated carbocycles. The van der Waals surface area contributed by atoms with Crippen LogP contribution < -0.4 is 20.1 Å². The predicted molar refractivity (Wildman–Crippen MR) is 147 cm³/mol. The zero-order valence-corrected chi connectivity index (χ0v) is 22.5. The van der Waals surface area contributed by atoms with E-state index in [9.17, 15) is 8.42 Å². The second-order valence-corrected chi connectivity index (χ2v) is 11.7. The summed E-state index contributed by atoms with van der Waals surface area (Å²) in [6.45, 7) is 8.90. The first kappa shape index (κ1) is 24.1. The third kappa shape index (κ3) is 7.88. The zero-order valence-electron chi connectivity index (χ0n) is 23.7. The Morgan fingerprint density at radius 3 is 2.51 bits per heavy atom. The van der Waals surface area contributed by atoms with Crippen molar-refractivity contribution >= 4 is 33.2 Å². The molecule has 0 radical (unpaired) electrons. The van der Waals surface area contributed by atoms with Crippen LogP contribution in [0.2, 0.25) is 0 Å². The van der Waals surface area contributed by atoms with Crippen LogP contribution in [0, 0.1) is 6.92 Å². The normalized spacial score (nSPS) is 16.1. The predicted octanol–water partition coefficient (Wildman–Crippen LogP) is 4.82. The third-order valence-electron chi connectivity index (χ3n) is 5.58. The number of nitrogens with zero attached hydrogens (tertiary/aromatic N) is 3. The van der Waals surface area contributed by atoms with Crippen molar-refractivity contribution in [1.29, 1.82) is 0 Å². The molecular formula is C27H36N6O3S. The van der Waals surface area contributed by atoms with Crippen molar-refractivity contribution in [2.24, 2.45) is 0 Å². The van der Waals surface area contributed by atoms with Crippen LogP contribution in [-0.4, -0.2) is 55.0 Å². The van der Waals surface area contributed by atoms with E-state index in [2.05, 4.69) is 30.2 Å². The molecule has 4 rings (SSSR count). The van der Waals surface area contributed by atoms with E-state index in [4.69, 9.17) is 7.48 Å². The molecule has 1 unspecified atom stereocenters. The van der Waals surface area contributed by atoms with E-state index in [1.165, 1.54) is 12.1 Å². The number of hydrogen-bond donors (Lipinski definition) is 3. The van der Waals surface area contributed by atoms with Gasteiger partial charge in [-0.05, 0) is 96.1 Å². The molecule has 2 aromatic carbocycles. The lowest BCUT2D eigenvalue weighted by Gasteiger charge is -2.20. The van der Waals surface area contributed by atoms with Gasteiger partial charge in [-0.1, -0.05) is 6.07 Å². The fourth-order valence-electron chi connectivity index (χ4n) is 3.85. The van der Waals surface area contributed by atoms with Gasteiger partial charge in [0.05, 0.1) is 6.27 Å². The van der Waals surface area contributed by atoms with Crippen molar-refractivity contribution in [2.45, 2.75) is 51.0 Å². The molecule has 1 aromatic heterocycles. The lowest BCUT2D eigenvalue weighted by atomic mass is 10.1. The highest BCUT2D eigenvalue weighted by atomic mass is 32.2. The van der Waals surface area contributed by atoms with Crippen molar-refractivity contribution in [3.8, 4) is 5.75 Å². The van der Waals surface area contributed by atoms with E-state index in [1.807, 2.05) is 24.3 Å². The van der Waals surface area contributed by atoms with Gasteiger partial charge in [-0.2, -0.15) is 4.98 Å². The van der Waals surface area contributed by atoms with Gasteiger partial charge in [0.2, 0.25) is 16.0 Å². The monoisotopic (exact) mass is 526 g/mol. The summed E-state index contributed by atoms with van der Waals surface area (Å²) in [7, 11) is -3.71. The van der Waals surface area contributed by atoms with Crippen LogP contribution in [0.5, 0.6) is 5.75 Å². The van der Waals surface area contributed by atoms with Gasteiger partial charge in [0.15, 0.2) is 0 Å². The molecule has 1 atom stereocenters. The SMILES string of the molecule is [2H]c1nc(Nc2ccc(OCC([2H])N3CCCC3)cc2)nc(Nc2cccc(S(=O)(=O)NC(C)(C)C)c2)c1C. The van der Waals surface area contributed by atoms with Gasteiger partial charge in [-0.3, -0.25) is 4.90 Å². The first-order chi connectivity index (χ1) is 18.4. The maximum atomic E-state index is 12.8. The van der Waals surface area contributed by atoms with E-state index in [-0.39, 0.29) is 23.5 Å². The summed E-state index contributed by atoms with van der Waals surface area (Å²) in [6, 6.07) is 13.7. The second-order valence-electron chi connectivity index (χ2n) is 10.0. The van der Waals surface area contributed by atoms with Crippen molar-refractivity contribution in [3.05, 3.63) is 60.3 Å². The number of likely N-dealkylation sites (tertiary alicyclic amines) is 1. The Labute approximate surface area is 222 Å². The van der Waals surface area contributed by atoms with Gasteiger partial charge >= 0.3 is 0 Å². The summed E-state index contributed by atoms with van der Waals surface area (Å²) >= 11 is 0. The molecule has 3 N–H and O–H groups in total. The van der Waals surface area contributed by atoms with Crippen LogP contribution in [-0.2, 0) is 10.0 Å². The number of ether oxygens (including phenoxy) is 1. The quantitative estimate of drug-likeness (QED) is 0.345. The molecule has 1 saturated heterocycles. The summed E-state index contributed by atoms with van der Waals surface area (Å²) in [6.07, 6.45) is 2.31. The van der Waals surface area contributed by atoms with Crippen LogP contribution in [0.1, 0.15) is 41.9 Å². The highest BCUT2D eigenvalue weighted by molar-refractivity contribution is 7.89. The number of anilines is 4. The molecule has 3 aromatic rings. The molecule has 9 nitrogen and oxygen atoms in total. The average molecular weight is 527 g/mol. The van der Waals surface area contributed by atoms with Crippen LogP contribution in [0.3, 0.4) is 0 Å². The van der Waals surface area contributed by atoms with Crippen LogP contribution in [0.25, 0.3) is 0 Å². The second kappa shape index (κ2) is 11.5. The smallest absolute Gasteiger partial charge is 0.241 e. The summed E-state index contributed by atoms with van der Waals surface area (Å²) < 4.78 is 50.5. The Morgan fingerprint density at radius 1 is 1.08 bits per heavy atom. The van der Waals surface area contributed by atoms with Gasteiger partial charge in [-0.15, -0.1) is 0 Å². The minimum atomic E-state index is -3.71. The summed E-state index contributed by atoms with van der Waals surface area (Å²) in [5, 5.41) is 6.24. The Balaban J connectivity index is 1.44. The number of sulfonamides is 1. The number of aromatic nitrogens is 2. The Morgan fingerprint density at radius 2 is 1.81 bits per heavy atom. The first-order valence-corrected chi connectivity index (χ1v) is 13.8. The third-order valence-corrected chi connectivity index (χ3v) is 7.34. The standard InChI is InChI=1S/C27H36N6O3S/c1-20-19-28-26(30-21-10-12-23(13-11-21)36-17-16-33-14-5-6-15-33)31-25(20)29-22-8-7-9-24(18-22)37(34,35)32-27(2,3)4/h7-13,18-19,32H,5-6,14-17H2,1-4H3,(H2,28,29,30,31)/i16D,19D. The van der Waals surface area contributed by atoms with E-state index < -0.39 is 15.6 Å². The molecule has 1 aliphatic rings. The highest BCUT2D eigenvalue weighted by Gasteiger charge is 2.22. The molecule has 198 valence electrons. The Kier molecular flexibility index (Phi) is 7.47. The van der Waals surface area contributed by atoms with E-state index in [0.29, 0.717) is 35.1 Å². The topological polar surface area (TPSA) is 108 Å². The molecule has 0 bridgehead atoms. The lowest BCUT2D eigenvalue weighted by Crippen LogP contribution is -2.40. The maximum absolute atomic E-state index is 12.8. The maximum Gasteiger partial charge on any atom is 0.241 e. The molecule has 37 heavy (non-hydrogen) atoms. The van der Waals surface area contributed by atoms with Crippen LogP contribution in [0.4, 0.5) is 23.1 Å². The van der Waals surface area contributed by atoms with Crippen LogP contribution >= 0.6 is 0 Å². The number of nitrogens with one attached hydrogen (secondary N) is 3. The molecular weight excluding hydrogens is 488 g/mol. The number of hydrogen-bond acceptors (Lipinski definition) is 8. The van der Waals surface area contributed by atoms with Crippen molar-refractivity contribution in [3.63, 3.8) is 0 Å². The average Bonchev–Trinajstić information content (AvgIpc) is 3.40. The minimum Gasteiger partial charge on any atom is -0.492 e. The highest BCUT2D eigenvalue weighted by Crippen LogP contribution is 2.24.